The number of benzene rings is 3. The lowest BCUT2D eigenvalue weighted by molar-refractivity contribution is -0.137. The molecule has 5 nitrogen and oxygen atoms in total. The molecule has 3 aromatic carbocycles. The molecule has 2 heterocycles. The molecule has 5 heteroatoms. The van der Waals surface area contributed by atoms with E-state index >= 15 is 0 Å². The lowest BCUT2D eigenvalue weighted by Gasteiger charge is -2.22. The van der Waals surface area contributed by atoms with E-state index in [1.807, 2.05) is 49.4 Å². The Morgan fingerprint density at radius 3 is 2.50 bits per heavy atom. The minimum absolute atomic E-state index is 0.0143. The molecule has 34 heavy (non-hydrogen) atoms. The number of rotatable bonds is 5. The Kier molecular flexibility index (Phi) is 5.95. The average Bonchev–Trinajstić information content (AvgIpc) is 3.29. The van der Waals surface area contributed by atoms with Crippen LogP contribution in [0.4, 0.5) is 0 Å². The first-order valence-electron chi connectivity index (χ1n) is 11.5. The fourth-order valence-electron chi connectivity index (χ4n) is 4.81. The SMILES string of the molecule is COCC(=O)N1N=C(c2c(C)nc3ccccc3c2-c2ccccc2)CC1c1cccc(C)c1. The molecule has 0 saturated carbocycles. The van der Waals surface area contributed by atoms with Gasteiger partial charge in [-0.05, 0) is 31.0 Å². The molecule has 1 aliphatic heterocycles. The van der Waals surface area contributed by atoms with Crippen molar-refractivity contribution in [3.05, 3.63) is 101 Å². The Hall–Kier alpha value is -3.83. The molecule has 170 valence electrons. The van der Waals surface area contributed by atoms with Crippen LogP contribution in [0.15, 0.2) is 84.0 Å². The number of methoxy groups -OCH3 is 1. The highest BCUT2D eigenvalue weighted by Crippen LogP contribution is 2.39. The Balaban J connectivity index is 1.71. The van der Waals surface area contributed by atoms with Gasteiger partial charge in [0.25, 0.3) is 5.91 Å². The van der Waals surface area contributed by atoms with Gasteiger partial charge in [-0.25, -0.2) is 5.01 Å². The van der Waals surface area contributed by atoms with Gasteiger partial charge in [0, 0.05) is 35.7 Å². The summed E-state index contributed by atoms with van der Waals surface area (Å²) in [5, 5.41) is 7.57. The molecule has 4 aromatic rings. The Bertz CT molecular complexity index is 1400. The third kappa shape index (κ3) is 3.99. The van der Waals surface area contributed by atoms with Gasteiger partial charge in [-0.3, -0.25) is 9.78 Å². The summed E-state index contributed by atoms with van der Waals surface area (Å²) < 4.78 is 5.17. The fourth-order valence-corrected chi connectivity index (χ4v) is 4.81. The zero-order valence-electron chi connectivity index (χ0n) is 19.7. The minimum Gasteiger partial charge on any atom is -0.375 e. The second-order valence-electron chi connectivity index (χ2n) is 8.68. The summed E-state index contributed by atoms with van der Waals surface area (Å²) in [6.45, 7) is 4.07. The van der Waals surface area contributed by atoms with E-state index < -0.39 is 0 Å². The summed E-state index contributed by atoms with van der Waals surface area (Å²) in [6, 6.07) is 26.6. The van der Waals surface area contributed by atoms with Crippen LogP contribution < -0.4 is 0 Å². The number of hydrogen-bond acceptors (Lipinski definition) is 4. The number of fused-ring (bicyclic) bond motifs is 1. The summed E-state index contributed by atoms with van der Waals surface area (Å²) in [5.41, 5.74) is 8.14. The lowest BCUT2D eigenvalue weighted by atomic mass is 9.89. The number of amides is 1. The van der Waals surface area contributed by atoms with Gasteiger partial charge >= 0.3 is 0 Å². The first-order chi connectivity index (χ1) is 16.6. The molecule has 0 N–H and O–H groups in total. The maximum Gasteiger partial charge on any atom is 0.269 e. The number of carbonyl (C=O) groups excluding carboxylic acids is 1. The Morgan fingerprint density at radius 2 is 1.74 bits per heavy atom. The second-order valence-corrected chi connectivity index (χ2v) is 8.68. The smallest absolute Gasteiger partial charge is 0.269 e. The highest BCUT2D eigenvalue weighted by atomic mass is 16.5. The topological polar surface area (TPSA) is 54.8 Å². The monoisotopic (exact) mass is 449 g/mol. The van der Waals surface area contributed by atoms with Gasteiger partial charge in [0.05, 0.1) is 17.3 Å². The molecule has 0 spiro atoms. The van der Waals surface area contributed by atoms with Crippen molar-refractivity contribution in [2.45, 2.75) is 26.3 Å². The van der Waals surface area contributed by atoms with Crippen molar-refractivity contribution in [1.29, 1.82) is 0 Å². The number of hydrogen-bond donors (Lipinski definition) is 0. The molecule has 0 bridgehead atoms. The van der Waals surface area contributed by atoms with Crippen LogP contribution in [0.5, 0.6) is 0 Å². The molecule has 1 amide bonds. The molecule has 1 aromatic heterocycles. The number of ether oxygens (including phenoxy) is 1. The Labute approximate surface area is 199 Å². The normalized spacial score (nSPS) is 15.6. The van der Waals surface area contributed by atoms with Crippen molar-refractivity contribution in [2.24, 2.45) is 5.10 Å². The summed E-state index contributed by atoms with van der Waals surface area (Å²) >= 11 is 0. The third-order valence-electron chi connectivity index (χ3n) is 6.29. The zero-order chi connectivity index (χ0) is 23.7. The molecule has 0 fully saturated rings. The van der Waals surface area contributed by atoms with E-state index in [4.69, 9.17) is 14.8 Å². The van der Waals surface area contributed by atoms with Crippen LogP contribution in [0.1, 0.15) is 34.8 Å². The van der Waals surface area contributed by atoms with Crippen LogP contribution in [0.3, 0.4) is 0 Å². The van der Waals surface area contributed by atoms with Crippen LogP contribution in [-0.2, 0) is 9.53 Å². The second kappa shape index (κ2) is 9.20. The summed E-state index contributed by atoms with van der Waals surface area (Å²) in [4.78, 5) is 17.9. The van der Waals surface area contributed by atoms with Crippen molar-refractivity contribution in [2.75, 3.05) is 13.7 Å². The number of pyridine rings is 1. The van der Waals surface area contributed by atoms with Crippen molar-refractivity contribution >= 4 is 22.5 Å². The number of aryl methyl sites for hydroxylation is 2. The van der Waals surface area contributed by atoms with Gasteiger partial charge in [-0.1, -0.05) is 78.4 Å². The van der Waals surface area contributed by atoms with E-state index in [1.54, 1.807) is 5.01 Å². The van der Waals surface area contributed by atoms with E-state index in [2.05, 4.69) is 43.3 Å². The molecular weight excluding hydrogens is 422 g/mol. The highest BCUT2D eigenvalue weighted by molar-refractivity contribution is 6.14. The zero-order valence-corrected chi connectivity index (χ0v) is 19.7. The van der Waals surface area contributed by atoms with Gasteiger partial charge in [-0.2, -0.15) is 5.10 Å². The van der Waals surface area contributed by atoms with E-state index in [1.165, 1.54) is 7.11 Å². The quantitative estimate of drug-likeness (QED) is 0.384. The van der Waals surface area contributed by atoms with Gasteiger partial charge in [0.2, 0.25) is 0 Å². The van der Waals surface area contributed by atoms with Gasteiger partial charge in [0.15, 0.2) is 0 Å². The number of para-hydroxylation sites is 1. The predicted octanol–water partition coefficient (Wildman–Crippen LogP) is 5.84. The number of hydrazone groups is 1. The molecule has 0 aliphatic carbocycles. The average molecular weight is 450 g/mol. The van der Waals surface area contributed by atoms with Gasteiger partial charge in [0.1, 0.15) is 6.61 Å². The number of carbonyl (C=O) groups is 1. The van der Waals surface area contributed by atoms with E-state index in [0.29, 0.717) is 6.42 Å². The summed E-state index contributed by atoms with van der Waals surface area (Å²) in [6.07, 6.45) is 0.611. The summed E-state index contributed by atoms with van der Waals surface area (Å²) in [7, 11) is 1.53. The molecule has 1 atom stereocenters. The molecule has 0 saturated heterocycles. The lowest BCUT2D eigenvalue weighted by Crippen LogP contribution is -2.30. The largest absolute Gasteiger partial charge is 0.375 e. The van der Waals surface area contributed by atoms with Crippen LogP contribution in [-0.4, -0.2) is 35.3 Å². The van der Waals surface area contributed by atoms with Crippen LogP contribution >= 0.6 is 0 Å². The van der Waals surface area contributed by atoms with Crippen LogP contribution in [0, 0.1) is 13.8 Å². The maximum atomic E-state index is 13.0. The van der Waals surface area contributed by atoms with Crippen LogP contribution in [0.2, 0.25) is 0 Å². The highest BCUT2D eigenvalue weighted by Gasteiger charge is 2.35. The first kappa shape index (κ1) is 22.0. The standard InChI is InChI=1S/C29H27N3O2/c1-19-10-9-13-22(16-19)26-17-25(31-32(26)27(33)18-34-3)28-20(2)30-24-15-8-7-14-23(24)29(28)21-11-5-4-6-12-21/h4-16,26H,17-18H2,1-3H3. The number of aromatic nitrogens is 1. The van der Waals surface area contributed by atoms with Crippen molar-refractivity contribution < 1.29 is 9.53 Å². The summed E-state index contributed by atoms with van der Waals surface area (Å²) in [5.74, 6) is -0.156. The molecule has 1 aliphatic rings. The van der Waals surface area contributed by atoms with E-state index in [9.17, 15) is 4.79 Å². The predicted molar refractivity (Wildman–Crippen MR) is 136 cm³/mol. The van der Waals surface area contributed by atoms with Gasteiger partial charge < -0.3 is 4.74 Å². The van der Waals surface area contributed by atoms with Crippen molar-refractivity contribution in [3.8, 4) is 11.1 Å². The van der Waals surface area contributed by atoms with Crippen LogP contribution in [0.25, 0.3) is 22.0 Å². The molecule has 0 radical (unpaired) electrons. The maximum absolute atomic E-state index is 13.0. The van der Waals surface area contributed by atoms with Crippen molar-refractivity contribution in [3.63, 3.8) is 0 Å². The molecule has 1 unspecified atom stereocenters. The minimum atomic E-state index is -0.188. The number of nitrogens with zero attached hydrogens (tertiary/aromatic N) is 3. The van der Waals surface area contributed by atoms with Gasteiger partial charge in [-0.15, -0.1) is 0 Å². The fraction of sp³-hybridized carbons (Fsp3) is 0.207. The molecule has 5 rings (SSSR count). The molecular formula is C29H27N3O2. The Morgan fingerprint density at radius 1 is 0.971 bits per heavy atom. The first-order valence-corrected chi connectivity index (χ1v) is 11.5. The van der Waals surface area contributed by atoms with Crippen molar-refractivity contribution in [1.82, 2.24) is 9.99 Å². The van der Waals surface area contributed by atoms with E-state index in [0.717, 1.165) is 50.1 Å². The third-order valence-corrected chi connectivity index (χ3v) is 6.29. The van der Waals surface area contributed by atoms with E-state index in [-0.39, 0.29) is 18.6 Å².